The smallest absolute Gasteiger partial charge is 0.340 e. The number of nitrogens with zero attached hydrogens (tertiary/aromatic N) is 1. The Morgan fingerprint density at radius 2 is 1.85 bits per heavy atom. The lowest BCUT2D eigenvalue weighted by atomic mass is 10.0. The van der Waals surface area contributed by atoms with E-state index in [4.69, 9.17) is 13.9 Å². The zero-order valence-electron chi connectivity index (χ0n) is 15.0. The van der Waals surface area contributed by atoms with Crippen LogP contribution in [0.25, 0.3) is 11.0 Å². The molecule has 144 valence electrons. The Balaban J connectivity index is 1.56. The lowest BCUT2D eigenvalue weighted by Gasteiger charge is -2.37. The number of fused-ring (bicyclic) bond motifs is 1. The van der Waals surface area contributed by atoms with Crippen LogP contribution >= 0.6 is 0 Å². The van der Waals surface area contributed by atoms with Crippen LogP contribution in [0, 0.1) is 6.92 Å². The van der Waals surface area contributed by atoms with Gasteiger partial charge < -0.3 is 29.0 Å². The van der Waals surface area contributed by atoms with Gasteiger partial charge >= 0.3 is 5.63 Å². The van der Waals surface area contributed by atoms with Gasteiger partial charge in [-0.2, -0.15) is 0 Å². The molecule has 0 aliphatic carbocycles. The number of rotatable bonds is 2. The van der Waals surface area contributed by atoms with Crippen LogP contribution in [0.5, 0.6) is 11.5 Å². The molecule has 2 aliphatic heterocycles. The molecule has 1 aromatic carbocycles. The van der Waals surface area contributed by atoms with Gasteiger partial charge in [0.25, 0.3) is 0 Å². The maximum absolute atomic E-state index is 12.7. The minimum atomic E-state index is -0.690. The molecule has 2 N–H and O–H groups in total. The number of piperidine rings is 1. The van der Waals surface area contributed by atoms with Gasteiger partial charge in [-0.1, -0.05) is 0 Å². The van der Waals surface area contributed by atoms with Crippen LogP contribution in [0.3, 0.4) is 0 Å². The van der Waals surface area contributed by atoms with Gasteiger partial charge in [-0.05, 0) is 24.6 Å². The van der Waals surface area contributed by atoms with E-state index in [0.717, 1.165) is 0 Å². The summed E-state index contributed by atoms with van der Waals surface area (Å²) < 4.78 is 16.5. The van der Waals surface area contributed by atoms with E-state index < -0.39 is 17.2 Å². The standard InChI is InChI=1S/C19H21NO7/c1-11-12-2-3-14(21)16(23)17(12)27-18(24)13(11)10-15(22)20-6-4-19(5-7-20)25-8-9-26-19/h2-3,21,23H,4-10H2,1H3. The van der Waals surface area contributed by atoms with E-state index in [1.54, 1.807) is 17.9 Å². The van der Waals surface area contributed by atoms with Crippen molar-refractivity contribution in [3.8, 4) is 11.5 Å². The van der Waals surface area contributed by atoms with E-state index in [1.165, 1.54) is 6.07 Å². The third kappa shape index (κ3) is 3.04. The molecule has 0 bridgehead atoms. The number of carbonyl (C=O) groups excluding carboxylic acids is 1. The molecule has 2 fully saturated rings. The summed E-state index contributed by atoms with van der Waals surface area (Å²) in [7, 11) is 0. The number of carbonyl (C=O) groups is 1. The number of amides is 1. The summed E-state index contributed by atoms with van der Waals surface area (Å²) in [5.74, 6) is -1.58. The molecule has 2 aliphatic rings. The maximum atomic E-state index is 12.7. The lowest BCUT2D eigenvalue weighted by Crippen LogP contribution is -2.48. The molecule has 3 heterocycles. The number of likely N-dealkylation sites (tertiary alicyclic amines) is 1. The zero-order chi connectivity index (χ0) is 19.2. The fourth-order valence-corrected chi connectivity index (χ4v) is 3.78. The molecular weight excluding hydrogens is 354 g/mol. The quantitative estimate of drug-likeness (QED) is 0.603. The van der Waals surface area contributed by atoms with Gasteiger partial charge in [-0.25, -0.2) is 4.79 Å². The first-order valence-electron chi connectivity index (χ1n) is 8.93. The van der Waals surface area contributed by atoms with Crippen molar-refractivity contribution in [1.82, 2.24) is 4.90 Å². The highest BCUT2D eigenvalue weighted by atomic mass is 16.7. The average Bonchev–Trinajstić information content (AvgIpc) is 3.10. The summed E-state index contributed by atoms with van der Waals surface area (Å²) in [6.07, 6.45) is 1.13. The van der Waals surface area contributed by atoms with Crippen LogP contribution in [-0.4, -0.2) is 53.1 Å². The Hall–Kier alpha value is -2.58. The normalized spacial score (nSPS) is 19.1. The largest absolute Gasteiger partial charge is 0.504 e. The van der Waals surface area contributed by atoms with Crippen molar-refractivity contribution in [2.45, 2.75) is 32.0 Å². The Morgan fingerprint density at radius 3 is 2.52 bits per heavy atom. The van der Waals surface area contributed by atoms with E-state index in [9.17, 15) is 19.8 Å². The molecule has 0 unspecified atom stereocenters. The second kappa shape index (κ2) is 6.54. The minimum Gasteiger partial charge on any atom is -0.504 e. The minimum absolute atomic E-state index is 0.0795. The Kier molecular flexibility index (Phi) is 4.32. The van der Waals surface area contributed by atoms with E-state index in [-0.39, 0.29) is 29.2 Å². The van der Waals surface area contributed by atoms with E-state index in [1.807, 2.05) is 0 Å². The summed E-state index contributed by atoms with van der Waals surface area (Å²) in [5.41, 5.74) is 0.0430. The maximum Gasteiger partial charge on any atom is 0.340 e. The molecule has 4 rings (SSSR count). The van der Waals surface area contributed by atoms with Gasteiger partial charge in [-0.3, -0.25) is 4.79 Å². The van der Waals surface area contributed by atoms with Crippen LogP contribution < -0.4 is 5.63 Å². The highest BCUT2D eigenvalue weighted by Gasteiger charge is 2.40. The fraction of sp³-hybridized carbons (Fsp3) is 0.474. The predicted octanol–water partition coefficient (Wildman–Crippen LogP) is 1.42. The molecule has 8 heteroatoms. The monoisotopic (exact) mass is 375 g/mol. The lowest BCUT2D eigenvalue weighted by molar-refractivity contribution is -0.187. The Morgan fingerprint density at radius 1 is 1.19 bits per heavy atom. The summed E-state index contributed by atoms with van der Waals surface area (Å²) >= 11 is 0. The molecule has 1 spiro atoms. The van der Waals surface area contributed by atoms with Gasteiger partial charge in [0.2, 0.25) is 11.7 Å². The average molecular weight is 375 g/mol. The fourth-order valence-electron chi connectivity index (χ4n) is 3.78. The third-order valence-corrected chi connectivity index (χ3v) is 5.43. The molecular formula is C19H21NO7. The molecule has 0 saturated carbocycles. The molecule has 27 heavy (non-hydrogen) atoms. The second-order valence-electron chi connectivity index (χ2n) is 6.97. The van der Waals surface area contributed by atoms with Crippen molar-refractivity contribution in [2.24, 2.45) is 0 Å². The molecule has 1 amide bonds. The number of benzene rings is 1. The molecule has 0 radical (unpaired) electrons. The van der Waals surface area contributed by atoms with Gasteiger partial charge in [0.05, 0.1) is 25.2 Å². The van der Waals surface area contributed by atoms with Crippen LogP contribution in [-0.2, 0) is 20.7 Å². The first-order valence-corrected chi connectivity index (χ1v) is 8.93. The number of hydrogen-bond donors (Lipinski definition) is 2. The van der Waals surface area contributed by atoms with Gasteiger partial charge in [0.15, 0.2) is 17.1 Å². The summed E-state index contributed by atoms with van der Waals surface area (Å²) in [6, 6.07) is 2.87. The van der Waals surface area contributed by atoms with Gasteiger partial charge in [0.1, 0.15) is 0 Å². The number of aryl methyl sites for hydroxylation is 1. The first-order chi connectivity index (χ1) is 12.9. The highest BCUT2D eigenvalue weighted by Crippen LogP contribution is 2.35. The summed E-state index contributed by atoms with van der Waals surface area (Å²) in [6.45, 7) is 3.86. The zero-order valence-corrected chi connectivity index (χ0v) is 15.0. The SMILES string of the molecule is Cc1c(CC(=O)N2CCC3(CC2)OCCO3)c(=O)oc2c(O)c(O)ccc12. The Labute approximate surface area is 154 Å². The predicted molar refractivity (Wildman–Crippen MR) is 94.7 cm³/mol. The molecule has 0 atom stereocenters. The van der Waals surface area contributed by atoms with E-state index in [0.29, 0.717) is 50.1 Å². The molecule has 1 aromatic heterocycles. The van der Waals surface area contributed by atoms with Crippen molar-refractivity contribution in [2.75, 3.05) is 26.3 Å². The van der Waals surface area contributed by atoms with Crippen molar-refractivity contribution >= 4 is 16.9 Å². The Bertz CT molecular complexity index is 949. The van der Waals surface area contributed by atoms with Gasteiger partial charge in [0, 0.05) is 31.3 Å². The molecule has 2 saturated heterocycles. The second-order valence-corrected chi connectivity index (χ2v) is 6.97. The third-order valence-electron chi connectivity index (χ3n) is 5.43. The summed E-state index contributed by atoms with van der Waals surface area (Å²) in [5, 5.41) is 20.0. The van der Waals surface area contributed by atoms with Crippen LogP contribution in [0.15, 0.2) is 21.3 Å². The van der Waals surface area contributed by atoms with E-state index >= 15 is 0 Å². The first kappa shape index (κ1) is 17.8. The van der Waals surface area contributed by atoms with Crippen molar-refractivity contribution in [3.63, 3.8) is 0 Å². The van der Waals surface area contributed by atoms with Crippen LogP contribution in [0.1, 0.15) is 24.0 Å². The highest BCUT2D eigenvalue weighted by molar-refractivity contribution is 5.89. The number of phenols is 2. The van der Waals surface area contributed by atoms with Crippen molar-refractivity contribution in [1.29, 1.82) is 0 Å². The molecule has 8 nitrogen and oxygen atoms in total. The van der Waals surface area contributed by atoms with Crippen LogP contribution in [0.2, 0.25) is 0 Å². The van der Waals surface area contributed by atoms with Crippen molar-refractivity contribution < 1.29 is 28.9 Å². The number of aromatic hydroxyl groups is 2. The van der Waals surface area contributed by atoms with Crippen LogP contribution in [0.4, 0.5) is 0 Å². The van der Waals surface area contributed by atoms with Crippen molar-refractivity contribution in [3.05, 3.63) is 33.7 Å². The van der Waals surface area contributed by atoms with E-state index in [2.05, 4.69) is 0 Å². The summed E-state index contributed by atoms with van der Waals surface area (Å²) in [4.78, 5) is 26.8. The molecule has 2 aromatic rings. The number of phenolic OH excluding ortho intramolecular Hbond substituents is 2. The van der Waals surface area contributed by atoms with Gasteiger partial charge in [-0.15, -0.1) is 0 Å². The number of ether oxygens (including phenoxy) is 2. The topological polar surface area (TPSA) is 109 Å². The number of hydrogen-bond acceptors (Lipinski definition) is 7.